The predicted molar refractivity (Wildman–Crippen MR) is 129 cm³/mol. The normalized spacial score (nSPS) is 13.5. The molecule has 8 nitrogen and oxygen atoms in total. The number of nitrogens with one attached hydrogen (secondary N) is 1. The van der Waals surface area contributed by atoms with Crippen molar-refractivity contribution in [2.24, 2.45) is 0 Å². The van der Waals surface area contributed by atoms with Gasteiger partial charge < -0.3 is 24.6 Å². The first kappa shape index (κ1) is 22.4. The van der Waals surface area contributed by atoms with Crippen molar-refractivity contribution in [2.45, 2.75) is 13.8 Å². The van der Waals surface area contributed by atoms with Gasteiger partial charge in [0.15, 0.2) is 5.82 Å². The van der Waals surface area contributed by atoms with Crippen LogP contribution in [0, 0.1) is 0 Å². The molecule has 1 aliphatic rings. The Hall–Kier alpha value is -3.81. The van der Waals surface area contributed by atoms with E-state index in [9.17, 15) is 4.79 Å². The second-order valence-electron chi connectivity index (χ2n) is 7.60. The van der Waals surface area contributed by atoms with Gasteiger partial charge in [-0.05, 0) is 74.5 Å². The number of urea groups is 1. The summed E-state index contributed by atoms with van der Waals surface area (Å²) in [6.07, 6.45) is 0. The summed E-state index contributed by atoms with van der Waals surface area (Å²) in [5.41, 5.74) is 2.56. The molecule has 2 heterocycles. The first-order valence-corrected chi connectivity index (χ1v) is 11.3. The number of hydrogen-bond acceptors (Lipinski definition) is 6. The highest BCUT2D eigenvalue weighted by atomic mass is 16.5. The Labute approximate surface area is 194 Å². The first-order valence-electron chi connectivity index (χ1n) is 11.3. The van der Waals surface area contributed by atoms with Crippen LogP contribution in [0.15, 0.2) is 60.7 Å². The maximum atomic E-state index is 12.6. The molecule has 1 aromatic heterocycles. The molecule has 172 valence electrons. The maximum absolute atomic E-state index is 12.6. The molecule has 1 saturated heterocycles. The van der Waals surface area contributed by atoms with Gasteiger partial charge in [0.1, 0.15) is 11.5 Å². The van der Waals surface area contributed by atoms with Gasteiger partial charge in [0, 0.05) is 37.4 Å². The zero-order valence-corrected chi connectivity index (χ0v) is 19.0. The van der Waals surface area contributed by atoms with Crippen molar-refractivity contribution in [3.8, 4) is 22.8 Å². The molecule has 0 aliphatic carbocycles. The molecule has 8 heteroatoms. The summed E-state index contributed by atoms with van der Waals surface area (Å²) >= 11 is 0. The Morgan fingerprint density at radius 1 is 0.818 bits per heavy atom. The average Bonchev–Trinajstić information content (AvgIpc) is 2.86. The van der Waals surface area contributed by atoms with E-state index in [0.717, 1.165) is 34.3 Å². The van der Waals surface area contributed by atoms with Gasteiger partial charge in [-0.2, -0.15) is 0 Å². The molecule has 3 aromatic rings. The highest BCUT2D eigenvalue weighted by Gasteiger charge is 2.22. The number of anilines is 2. The van der Waals surface area contributed by atoms with Crippen molar-refractivity contribution < 1.29 is 14.3 Å². The number of amides is 2. The number of carbonyl (C=O) groups excluding carboxylic acids is 1. The van der Waals surface area contributed by atoms with E-state index < -0.39 is 0 Å². The zero-order chi connectivity index (χ0) is 23.0. The van der Waals surface area contributed by atoms with Crippen molar-refractivity contribution in [1.29, 1.82) is 0 Å². The number of piperazine rings is 1. The molecule has 1 N–H and O–H groups in total. The summed E-state index contributed by atoms with van der Waals surface area (Å²) in [6.45, 7) is 7.80. The fraction of sp³-hybridized carbons (Fsp3) is 0.320. The van der Waals surface area contributed by atoms with Crippen molar-refractivity contribution in [1.82, 2.24) is 15.1 Å². The third kappa shape index (κ3) is 5.71. The minimum Gasteiger partial charge on any atom is -0.494 e. The summed E-state index contributed by atoms with van der Waals surface area (Å²) in [6, 6.07) is 19.1. The lowest BCUT2D eigenvalue weighted by molar-refractivity contribution is 0.208. The highest BCUT2D eigenvalue weighted by molar-refractivity contribution is 5.89. The summed E-state index contributed by atoms with van der Waals surface area (Å²) in [7, 11) is 0. The van der Waals surface area contributed by atoms with Crippen LogP contribution in [0.1, 0.15) is 13.8 Å². The Morgan fingerprint density at radius 2 is 1.42 bits per heavy atom. The van der Waals surface area contributed by atoms with Gasteiger partial charge in [0.25, 0.3) is 0 Å². The third-order valence-corrected chi connectivity index (χ3v) is 5.42. The fourth-order valence-corrected chi connectivity index (χ4v) is 3.68. The van der Waals surface area contributed by atoms with Crippen LogP contribution in [0.25, 0.3) is 11.3 Å². The van der Waals surface area contributed by atoms with Crippen LogP contribution in [-0.4, -0.2) is 60.5 Å². The van der Waals surface area contributed by atoms with Crippen LogP contribution >= 0.6 is 0 Å². The number of rotatable bonds is 7. The Morgan fingerprint density at radius 3 is 1.97 bits per heavy atom. The van der Waals surface area contributed by atoms with Crippen molar-refractivity contribution in [3.05, 3.63) is 60.7 Å². The van der Waals surface area contributed by atoms with E-state index in [1.54, 1.807) is 0 Å². The van der Waals surface area contributed by atoms with Crippen LogP contribution in [0.4, 0.5) is 16.3 Å². The molecule has 0 atom stereocenters. The average molecular weight is 448 g/mol. The van der Waals surface area contributed by atoms with Crippen LogP contribution in [0.3, 0.4) is 0 Å². The van der Waals surface area contributed by atoms with E-state index in [2.05, 4.69) is 20.4 Å². The van der Waals surface area contributed by atoms with Crippen molar-refractivity contribution in [2.75, 3.05) is 49.6 Å². The lowest BCUT2D eigenvalue weighted by Crippen LogP contribution is -2.50. The Balaban J connectivity index is 1.29. The zero-order valence-electron chi connectivity index (χ0n) is 19.0. The molecule has 0 spiro atoms. The predicted octanol–water partition coefficient (Wildman–Crippen LogP) is 4.30. The van der Waals surface area contributed by atoms with Gasteiger partial charge in [-0.25, -0.2) is 4.79 Å². The largest absolute Gasteiger partial charge is 0.494 e. The van der Waals surface area contributed by atoms with Crippen molar-refractivity contribution >= 4 is 17.5 Å². The van der Waals surface area contributed by atoms with Gasteiger partial charge in [-0.1, -0.05) is 0 Å². The van der Waals surface area contributed by atoms with Gasteiger partial charge in [-0.15, -0.1) is 10.2 Å². The molecule has 0 saturated carbocycles. The number of aromatic nitrogens is 2. The van der Waals surface area contributed by atoms with E-state index in [-0.39, 0.29) is 6.03 Å². The molecule has 0 radical (unpaired) electrons. The van der Waals surface area contributed by atoms with Gasteiger partial charge in [0.05, 0.1) is 18.9 Å². The molecule has 0 bridgehead atoms. The number of carbonyl (C=O) groups is 1. The molecule has 0 unspecified atom stereocenters. The summed E-state index contributed by atoms with van der Waals surface area (Å²) in [5, 5.41) is 11.8. The highest BCUT2D eigenvalue weighted by Crippen LogP contribution is 2.22. The van der Waals surface area contributed by atoms with Gasteiger partial charge >= 0.3 is 6.03 Å². The van der Waals surface area contributed by atoms with E-state index in [1.165, 1.54) is 0 Å². The molecule has 1 aliphatic heterocycles. The second kappa shape index (κ2) is 10.7. The smallest absolute Gasteiger partial charge is 0.321 e. The van der Waals surface area contributed by atoms with Crippen molar-refractivity contribution in [3.63, 3.8) is 0 Å². The topological polar surface area (TPSA) is 79.8 Å². The molecular formula is C25H29N5O3. The van der Waals surface area contributed by atoms with E-state index >= 15 is 0 Å². The number of nitrogens with zero attached hydrogens (tertiary/aromatic N) is 4. The molecule has 33 heavy (non-hydrogen) atoms. The third-order valence-electron chi connectivity index (χ3n) is 5.42. The van der Waals surface area contributed by atoms with E-state index in [4.69, 9.17) is 9.47 Å². The number of ether oxygens (including phenoxy) is 2. The molecule has 4 rings (SSSR count). The van der Waals surface area contributed by atoms with Crippen LogP contribution in [0.2, 0.25) is 0 Å². The summed E-state index contributed by atoms with van der Waals surface area (Å²) in [5.74, 6) is 2.45. The van der Waals surface area contributed by atoms with Crippen LogP contribution in [0.5, 0.6) is 11.5 Å². The molecular weight excluding hydrogens is 418 g/mol. The number of benzene rings is 2. The SMILES string of the molecule is CCOc1ccc(NC(=O)N2CCN(c3ccc(-c4ccc(OCC)cc4)nn3)CC2)cc1. The molecule has 1 fully saturated rings. The molecule has 2 aromatic carbocycles. The minimum atomic E-state index is -0.101. The quantitative estimate of drug-likeness (QED) is 0.582. The standard InChI is InChI=1S/C25H29N5O3/c1-3-32-21-9-5-19(6-10-21)23-13-14-24(28-27-23)29-15-17-30(18-16-29)25(31)26-20-7-11-22(12-8-20)33-4-2/h5-14H,3-4,15-18H2,1-2H3,(H,26,31). The maximum Gasteiger partial charge on any atom is 0.321 e. The fourth-order valence-electron chi connectivity index (χ4n) is 3.68. The minimum absolute atomic E-state index is 0.101. The van der Waals surface area contributed by atoms with Crippen LogP contribution in [-0.2, 0) is 0 Å². The monoisotopic (exact) mass is 447 g/mol. The van der Waals surface area contributed by atoms with E-state index in [1.807, 2.05) is 79.4 Å². The Bertz CT molecular complexity index is 1030. The summed E-state index contributed by atoms with van der Waals surface area (Å²) in [4.78, 5) is 16.6. The Kier molecular flexibility index (Phi) is 7.24. The van der Waals surface area contributed by atoms with Crippen LogP contribution < -0.4 is 19.7 Å². The van der Waals surface area contributed by atoms with Gasteiger partial charge in [0.2, 0.25) is 0 Å². The van der Waals surface area contributed by atoms with Gasteiger partial charge in [-0.3, -0.25) is 0 Å². The number of hydrogen-bond donors (Lipinski definition) is 1. The lowest BCUT2D eigenvalue weighted by atomic mass is 10.1. The lowest BCUT2D eigenvalue weighted by Gasteiger charge is -2.35. The first-order chi connectivity index (χ1) is 16.2. The molecule has 2 amide bonds. The van der Waals surface area contributed by atoms with E-state index in [0.29, 0.717) is 39.4 Å². The second-order valence-corrected chi connectivity index (χ2v) is 7.60. The summed E-state index contributed by atoms with van der Waals surface area (Å²) < 4.78 is 10.9.